The van der Waals surface area contributed by atoms with Crippen molar-refractivity contribution in [3.05, 3.63) is 18.2 Å². The van der Waals surface area contributed by atoms with E-state index in [1.165, 1.54) is 16.4 Å². The van der Waals surface area contributed by atoms with Gasteiger partial charge in [0.25, 0.3) is 0 Å². The van der Waals surface area contributed by atoms with Crippen LogP contribution in [0.4, 0.5) is 5.69 Å². The molecule has 1 aromatic carbocycles. The average molecular weight is 349 g/mol. The van der Waals surface area contributed by atoms with Crippen LogP contribution in [0.2, 0.25) is 0 Å². The fraction of sp³-hybridized carbons (Fsp3) is 0.500. The summed E-state index contributed by atoms with van der Waals surface area (Å²) in [6, 6.07) is 4.50. The van der Waals surface area contributed by atoms with E-state index in [4.69, 9.17) is 16.3 Å². The third-order valence-electron chi connectivity index (χ3n) is 2.97. The van der Waals surface area contributed by atoms with Crippen LogP contribution in [0.5, 0.6) is 5.75 Å². The maximum Gasteiger partial charge on any atom is 0.246 e. The number of nitrogens with zero attached hydrogens (tertiary/aromatic N) is 1. The predicted molar refractivity (Wildman–Crippen MR) is 87.1 cm³/mol. The number of hydrogen-bond donors (Lipinski definition) is 1. The molecule has 0 unspecified atom stereocenters. The molecule has 0 saturated carbocycles. The van der Waals surface area contributed by atoms with Crippen molar-refractivity contribution in [3.63, 3.8) is 0 Å². The summed E-state index contributed by atoms with van der Waals surface area (Å²) in [6.45, 7) is 6.34. The number of nitrogens with one attached hydrogen (secondary N) is 1. The van der Waals surface area contributed by atoms with Crippen molar-refractivity contribution in [1.82, 2.24) is 4.31 Å². The summed E-state index contributed by atoms with van der Waals surface area (Å²) in [7, 11) is -3.70. The highest BCUT2D eigenvalue weighted by Crippen LogP contribution is 2.30. The lowest BCUT2D eigenvalue weighted by Gasteiger charge is -2.21. The second-order valence-electron chi connectivity index (χ2n) is 4.37. The molecule has 0 aliphatic rings. The number of halogens is 1. The Balaban J connectivity index is 3.34. The van der Waals surface area contributed by atoms with Crippen LogP contribution in [-0.4, -0.2) is 44.2 Å². The Labute approximate surface area is 136 Å². The quantitative estimate of drug-likeness (QED) is 0.731. The molecule has 0 heterocycles. The smallest absolute Gasteiger partial charge is 0.246 e. The first-order chi connectivity index (χ1) is 10.4. The Morgan fingerprint density at radius 3 is 2.41 bits per heavy atom. The van der Waals surface area contributed by atoms with Gasteiger partial charge < -0.3 is 10.1 Å². The van der Waals surface area contributed by atoms with E-state index in [0.717, 1.165) is 0 Å². The minimum atomic E-state index is -3.70. The molecule has 0 aromatic heterocycles. The van der Waals surface area contributed by atoms with Crippen molar-refractivity contribution in [3.8, 4) is 5.75 Å². The molecule has 0 bridgehead atoms. The highest BCUT2D eigenvalue weighted by molar-refractivity contribution is 7.89. The fourth-order valence-corrected chi connectivity index (χ4v) is 3.64. The first-order valence-electron chi connectivity index (χ1n) is 7.03. The topological polar surface area (TPSA) is 75.7 Å². The van der Waals surface area contributed by atoms with E-state index in [9.17, 15) is 13.2 Å². The molecule has 6 nitrogen and oxygen atoms in total. The molecule has 1 amide bonds. The molecule has 1 aromatic rings. The molecular weight excluding hydrogens is 328 g/mol. The standard InChI is InChI=1S/C14H21ClN2O4S/c1-4-17(5-2)22(19,20)13-9-11(16-14(18)10-15)7-8-12(13)21-6-3/h7-9H,4-6,10H2,1-3H3,(H,16,18). The van der Waals surface area contributed by atoms with Crippen LogP contribution in [0.25, 0.3) is 0 Å². The number of anilines is 1. The highest BCUT2D eigenvalue weighted by Gasteiger charge is 2.26. The van der Waals surface area contributed by atoms with Crippen molar-refractivity contribution in [2.45, 2.75) is 25.7 Å². The van der Waals surface area contributed by atoms with E-state index >= 15 is 0 Å². The van der Waals surface area contributed by atoms with Crippen molar-refractivity contribution < 1.29 is 17.9 Å². The zero-order valence-corrected chi connectivity index (χ0v) is 14.5. The van der Waals surface area contributed by atoms with Gasteiger partial charge in [-0.2, -0.15) is 4.31 Å². The lowest BCUT2D eigenvalue weighted by atomic mass is 10.3. The molecule has 0 radical (unpaired) electrons. The Kier molecular flexibility index (Phi) is 7.12. The first-order valence-corrected chi connectivity index (χ1v) is 9.00. The lowest BCUT2D eigenvalue weighted by Crippen LogP contribution is -2.31. The Hall–Kier alpha value is -1.31. The second-order valence-corrected chi connectivity index (χ2v) is 6.54. The molecule has 22 heavy (non-hydrogen) atoms. The zero-order chi connectivity index (χ0) is 16.8. The van der Waals surface area contributed by atoms with Crippen molar-refractivity contribution in [2.24, 2.45) is 0 Å². The molecule has 0 saturated heterocycles. The van der Waals surface area contributed by atoms with E-state index in [2.05, 4.69) is 5.32 Å². The molecule has 1 rings (SSSR count). The minimum absolute atomic E-state index is 0.0328. The van der Waals surface area contributed by atoms with Gasteiger partial charge >= 0.3 is 0 Å². The maximum absolute atomic E-state index is 12.7. The van der Waals surface area contributed by atoms with Gasteiger partial charge in [-0.05, 0) is 25.1 Å². The Morgan fingerprint density at radius 1 is 1.27 bits per heavy atom. The van der Waals surface area contributed by atoms with Crippen LogP contribution >= 0.6 is 11.6 Å². The number of amides is 1. The van der Waals surface area contributed by atoms with E-state index in [-0.39, 0.29) is 16.5 Å². The van der Waals surface area contributed by atoms with Crippen molar-refractivity contribution >= 4 is 33.2 Å². The van der Waals surface area contributed by atoms with E-state index in [1.54, 1.807) is 26.8 Å². The predicted octanol–water partition coefficient (Wildman–Crippen LogP) is 2.29. The van der Waals surface area contributed by atoms with Gasteiger partial charge in [0.15, 0.2) is 0 Å². The zero-order valence-electron chi connectivity index (χ0n) is 12.9. The number of ether oxygens (including phenoxy) is 1. The third-order valence-corrected chi connectivity index (χ3v) is 5.29. The van der Waals surface area contributed by atoms with Crippen molar-refractivity contribution in [1.29, 1.82) is 0 Å². The average Bonchev–Trinajstić information content (AvgIpc) is 2.49. The van der Waals surface area contributed by atoms with E-state index in [0.29, 0.717) is 25.4 Å². The monoisotopic (exact) mass is 348 g/mol. The third kappa shape index (κ3) is 4.34. The number of alkyl halides is 1. The van der Waals surface area contributed by atoms with Gasteiger partial charge in [0.1, 0.15) is 16.5 Å². The van der Waals surface area contributed by atoms with Crippen LogP contribution in [0.3, 0.4) is 0 Å². The number of benzene rings is 1. The highest BCUT2D eigenvalue weighted by atomic mass is 35.5. The number of carbonyl (C=O) groups is 1. The van der Waals surface area contributed by atoms with Gasteiger partial charge in [0.2, 0.25) is 15.9 Å². The Bertz CT molecular complexity index is 615. The molecule has 8 heteroatoms. The second kappa shape index (κ2) is 8.36. The van der Waals surface area contributed by atoms with Gasteiger partial charge in [-0.1, -0.05) is 13.8 Å². The summed E-state index contributed by atoms with van der Waals surface area (Å²) < 4.78 is 32.1. The largest absolute Gasteiger partial charge is 0.492 e. The Morgan fingerprint density at radius 2 is 1.91 bits per heavy atom. The molecule has 124 valence electrons. The minimum Gasteiger partial charge on any atom is -0.492 e. The van der Waals surface area contributed by atoms with Crippen LogP contribution < -0.4 is 10.1 Å². The van der Waals surface area contributed by atoms with Gasteiger partial charge in [-0.25, -0.2) is 8.42 Å². The maximum atomic E-state index is 12.7. The summed E-state index contributed by atoms with van der Waals surface area (Å²) in [4.78, 5) is 11.4. The number of sulfonamides is 1. The van der Waals surface area contributed by atoms with Gasteiger partial charge in [-0.3, -0.25) is 4.79 Å². The van der Waals surface area contributed by atoms with Gasteiger partial charge in [0, 0.05) is 18.8 Å². The molecule has 0 aliphatic heterocycles. The van der Waals surface area contributed by atoms with Gasteiger partial charge in [-0.15, -0.1) is 11.6 Å². The van der Waals surface area contributed by atoms with Crippen LogP contribution in [-0.2, 0) is 14.8 Å². The molecular formula is C14H21ClN2O4S. The number of hydrogen-bond acceptors (Lipinski definition) is 4. The van der Waals surface area contributed by atoms with E-state index < -0.39 is 15.9 Å². The summed E-state index contributed by atoms with van der Waals surface area (Å²) >= 11 is 5.44. The molecule has 1 N–H and O–H groups in total. The lowest BCUT2D eigenvalue weighted by molar-refractivity contribution is -0.113. The summed E-state index contributed by atoms with van der Waals surface area (Å²) in [6.07, 6.45) is 0. The van der Waals surface area contributed by atoms with Crippen molar-refractivity contribution in [2.75, 3.05) is 30.9 Å². The normalized spacial score (nSPS) is 11.5. The molecule has 0 aliphatic carbocycles. The fourth-order valence-electron chi connectivity index (χ4n) is 1.96. The van der Waals surface area contributed by atoms with E-state index in [1.807, 2.05) is 0 Å². The number of rotatable bonds is 8. The SMILES string of the molecule is CCOc1ccc(NC(=O)CCl)cc1S(=O)(=O)N(CC)CC. The summed E-state index contributed by atoms with van der Waals surface area (Å²) in [5, 5.41) is 2.54. The summed E-state index contributed by atoms with van der Waals surface area (Å²) in [5.41, 5.74) is 0.361. The number of carbonyl (C=O) groups excluding carboxylic acids is 1. The van der Waals surface area contributed by atoms with Gasteiger partial charge in [0.05, 0.1) is 6.61 Å². The molecule has 0 spiro atoms. The van der Waals surface area contributed by atoms with Crippen LogP contribution in [0.1, 0.15) is 20.8 Å². The van der Waals surface area contributed by atoms with Crippen LogP contribution in [0, 0.1) is 0 Å². The first kappa shape index (κ1) is 18.7. The molecule has 0 fully saturated rings. The summed E-state index contributed by atoms with van der Waals surface area (Å²) in [5.74, 6) is -0.346. The molecule has 0 atom stereocenters. The van der Waals surface area contributed by atoms with Crippen LogP contribution in [0.15, 0.2) is 23.1 Å².